The Hall–Kier alpha value is -2.41. The number of rotatable bonds is 3. The first-order valence-electron chi connectivity index (χ1n) is 7.84. The van der Waals surface area contributed by atoms with Gasteiger partial charge in [-0.2, -0.15) is 0 Å². The van der Waals surface area contributed by atoms with Gasteiger partial charge in [-0.15, -0.1) is 0 Å². The van der Waals surface area contributed by atoms with Crippen LogP contribution < -0.4 is 4.57 Å². The molecule has 110 valence electrons. The fourth-order valence-electron chi connectivity index (χ4n) is 2.81. The van der Waals surface area contributed by atoms with Gasteiger partial charge in [-0.3, -0.25) is 0 Å². The molecule has 0 spiro atoms. The normalized spacial score (nSPS) is 10.7. The standard InChI is InChI=1S/C21H22N/c1-4-17-9-11-18(12-10-17)19-13-14-22(3)21(15-19)20-8-6-5-7-16(20)2/h5-15H,4H2,1-3H3/q+1. The van der Waals surface area contributed by atoms with Gasteiger partial charge in [0.05, 0.1) is 0 Å². The van der Waals surface area contributed by atoms with E-state index in [1.165, 1.54) is 33.5 Å². The lowest BCUT2D eigenvalue weighted by Gasteiger charge is -2.07. The summed E-state index contributed by atoms with van der Waals surface area (Å²) >= 11 is 0. The van der Waals surface area contributed by atoms with E-state index in [1.54, 1.807) is 0 Å². The van der Waals surface area contributed by atoms with Crippen LogP contribution in [0.15, 0.2) is 66.9 Å². The van der Waals surface area contributed by atoms with E-state index in [0.29, 0.717) is 0 Å². The molecule has 0 saturated carbocycles. The summed E-state index contributed by atoms with van der Waals surface area (Å²) in [5.41, 5.74) is 7.75. The Balaban J connectivity index is 2.08. The van der Waals surface area contributed by atoms with Crippen molar-refractivity contribution >= 4 is 0 Å². The van der Waals surface area contributed by atoms with E-state index in [9.17, 15) is 0 Å². The van der Waals surface area contributed by atoms with Crippen LogP contribution in [0.3, 0.4) is 0 Å². The average molecular weight is 288 g/mol. The van der Waals surface area contributed by atoms with Crippen molar-refractivity contribution in [3.8, 4) is 22.4 Å². The lowest BCUT2D eigenvalue weighted by Crippen LogP contribution is -2.30. The number of pyridine rings is 1. The van der Waals surface area contributed by atoms with Gasteiger partial charge in [-0.05, 0) is 41.7 Å². The first kappa shape index (κ1) is 14.5. The third-order valence-corrected chi connectivity index (χ3v) is 4.27. The number of hydrogen-bond donors (Lipinski definition) is 0. The molecule has 0 aliphatic heterocycles. The maximum Gasteiger partial charge on any atom is 0.213 e. The van der Waals surface area contributed by atoms with Crippen LogP contribution in [-0.2, 0) is 13.5 Å². The van der Waals surface area contributed by atoms with Crippen LogP contribution in [-0.4, -0.2) is 0 Å². The summed E-state index contributed by atoms with van der Waals surface area (Å²) < 4.78 is 2.19. The second kappa shape index (κ2) is 6.15. The van der Waals surface area contributed by atoms with Crippen LogP contribution in [0.2, 0.25) is 0 Å². The Bertz CT molecular complexity index is 785. The summed E-state index contributed by atoms with van der Waals surface area (Å²) in [5.74, 6) is 0. The number of hydrogen-bond acceptors (Lipinski definition) is 0. The van der Waals surface area contributed by atoms with Gasteiger partial charge >= 0.3 is 0 Å². The molecule has 2 aromatic carbocycles. The van der Waals surface area contributed by atoms with Gasteiger partial charge in [-0.1, -0.05) is 49.4 Å². The minimum Gasteiger partial charge on any atom is -0.201 e. The zero-order valence-corrected chi connectivity index (χ0v) is 13.5. The van der Waals surface area contributed by atoms with Crippen LogP contribution in [0.4, 0.5) is 0 Å². The van der Waals surface area contributed by atoms with E-state index in [4.69, 9.17) is 0 Å². The predicted octanol–water partition coefficient (Wildman–Crippen LogP) is 4.72. The maximum absolute atomic E-state index is 2.28. The van der Waals surface area contributed by atoms with Crippen molar-refractivity contribution < 1.29 is 4.57 Å². The summed E-state index contributed by atoms with van der Waals surface area (Å²) in [7, 11) is 2.10. The van der Waals surface area contributed by atoms with Crippen molar-refractivity contribution in [3.63, 3.8) is 0 Å². The molecular formula is C21H22N+. The Morgan fingerprint density at radius 3 is 2.27 bits per heavy atom. The van der Waals surface area contributed by atoms with Crippen molar-refractivity contribution in [3.05, 3.63) is 78.0 Å². The molecule has 0 atom stereocenters. The summed E-state index contributed by atoms with van der Waals surface area (Å²) in [4.78, 5) is 0. The minimum absolute atomic E-state index is 1.08. The molecule has 0 amide bonds. The molecule has 1 heterocycles. The van der Waals surface area contributed by atoms with Gasteiger partial charge in [0.25, 0.3) is 0 Å². The molecule has 3 aromatic rings. The van der Waals surface area contributed by atoms with Crippen molar-refractivity contribution in [1.82, 2.24) is 0 Å². The lowest BCUT2D eigenvalue weighted by atomic mass is 9.99. The fourth-order valence-corrected chi connectivity index (χ4v) is 2.81. The molecule has 22 heavy (non-hydrogen) atoms. The summed E-state index contributed by atoms with van der Waals surface area (Å²) in [5, 5.41) is 0. The number of aryl methyl sites for hydroxylation is 3. The molecule has 0 aliphatic rings. The van der Waals surface area contributed by atoms with Crippen molar-refractivity contribution in [1.29, 1.82) is 0 Å². The number of aromatic nitrogens is 1. The molecule has 0 N–H and O–H groups in total. The van der Waals surface area contributed by atoms with Crippen molar-refractivity contribution in [2.75, 3.05) is 0 Å². The summed E-state index contributed by atoms with van der Waals surface area (Å²) in [6.45, 7) is 4.35. The highest BCUT2D eigenvalue weighted by Crippen LogP contribution is 2.25. The van der Waals surface area contributed by atoms with Crippen LogP contribution in [0, 0.1) is 6.92 Å². The molecule has 0 radical (unpaired) electrons. The first-order valence-corrected chi connectivity index (χ1v) is 7.84. The summed E-state index contributed by atoms with van der Waals surface area (Å²) in [6, 6.07) is 21.9. The van der Waals surface area contributed by atoms with Crippen LogP contribution in [0.25, 0.3) is 22.4 Å². The molecule has 0 aliphatic carbocycles. The molecule has 0 saturated heterocycles. The quantitative estimate of drug-likeness (QED) is 0.614. The van der Waals surface area contributed by atoms with Crippen LogP contribution >= 0.6 is 0 Å². The van der Waals surface area contributed by atoms with Gasteiger partial charge in [0.1, 0.15) is 7.05 Å². The Labute approximate surface area is 132 Å². The number of benzene rings is 2. The number of nitrogens with zero attached hydrogens (tertiary/aromatic N) is 1. The molecular weight excluding hydrogens is 266 g/mol. The SMILES string of the molecule is CCc1ccc(-c2cc[n+](C)c(-c3ccccc3C)c2)cc1. The van der Waals surface area contributed by atoms with E-state index in [2.05, 4.69) is 92.3 Å². The highest BCUT2D eigenvalue weighted by atomic mass is 14.9. The van der Waals surface area contributed by atoms with E-state index in [1.807, 2.05) is 0 Å². The molecule has 1 nitrogen and oxygen atoms in total. The van der Waals surface area contributed by atoms with E-state index in [0.717, 1.165) is 6.42 Å². The third-order valence-electron chi connectivity index (χ3n) is 4.27. The third kappa shape index (κ3) is 2.80. The highest BCUT2D eigenvalue weighted by Gasteiger charge is 2.13. The molecule has 0 fully saturated rings. The van der Waals surface area contributed by atoms with E-state index in [-0.39, 0.29) is 0 Å². The van der Waals surface area contributed by atoms with Crippen LogP contribution in [0.1, 0.15) is 18.1 Å². The van der Waals surface area contributed by atoms with Gasteiger partial charge < -0.3 is 0 Å². The van der Waals surface area contributed by atoms with E-state index >= 15 is 0 Å². The van der Waals surface area contributed by atoms with Gasteiger partial charge in [0.2, 0.25) is 5.69 Å². The monoisotopic (exact) mass is 288 g/mol. The van der Waals surface area contributed by atoms with Crippen molar-refractivity contribution in [2.24, 2.45) is 7.05 Å². The second-order valence-electron chi connectivity index (χ2n) is 5.78. The molecule has 3 rings (SSSR count). The van der Waals surface area contributed by atoms with Gasteiger partial charge in [0, 0.05) is 17.7 Å². The zero-order chi connectivity index (χ0) is 15.5. The summed E-state index contributed by atoms with van der Waals surface area (Å²) in [6.07, 6.45) is 3.23. The molecule has 0 bridgehead atoms. The Morgan fingerprint density at radius 1 is 0.864 bits per heavy atom. The second-order valence-corrected chi connectivity index (χ2v) is 5.78. The van der Waals surface area contributed by atoms with E-state index < -0.39 is 0 Å². The predicted molar refractivity (Wildman–Crippen MR) is 92.6 cm³/mol. The average Bonchev–Trinajstić information content (AvgIpc) is 2.56. The maximum atomic E-state index is 2.28. The zero-order valence-electron chi connectivity index (χ0n) is 13.5. The molecule has 0 unspecified atom stereocenters. The van der Waals surface area contributed by atoms with Gasteiger partial charge in [0.15, 0.2) is 6.20 Å². The molecule has 1 heteroatoms. The van der Waals surface area contributed by atoms with Crippen LogP contribution in [0.5, 0.6) is 0 Å². The largest absolute Gasteiger partial charge is 0.213 e. The lowest BCUT2D eigenvalue weighted by molar-refractivity contribution is -0.660. The van der Waals surface area contributed by atoms with Crippen molar-refractivity contribution in [2.45, 2.75) is 20.3 Å². The Morgan fingerprint density at radius 2 is 1.59 bits per heavy atom. The topological polar surface area (TPSA) is 3.88 Å². The minimum atomic E-state index is 1.08. The first-order chi connectivity index (χ1) is 10.7. The smallest absolute Gasteiger partial charge is 0.201 e. The fraction of sp³-hybridized carbons (Fsp3) is 0.190. The molecule has 1 aromatic heterocycles. The highest BCUT2D eigenvalue weighted by molar-refractivity contribution is 5.70. The Kier molecular flexibility index (Phi) is 4.06. The van der Waals surface area contributed by atoms with Gasteiger partial charge in [-0.25, -0.2) is 4.57 Å².